The van der Waals surface area contributed by atoms with E-state index in [4.69, 9.17) is 9.47 Å². The summed E-state index contributed by atoms with van der Waals surface area (Å²) in [6.45, 7) is 0.962. The van der Waals surface area contributed by atoms with E-state index in [2.05, 4.69) is 5.10 Å². The van der Waals surface area contributed by atoms with Gasteiger partial charge in [-0.3, -0.25) is 18.8 Å². The lowest BCUT2D eigenvalue weighted by Gasteiger charge is -2.24. The van der Waals surface area contributed by atoms with Crippen LogP contribution in [-0.4, -0.2) is 64.7 Å². The molecule has 134 valence electrons. The van der Waals surface area contributed by atoms with E-state index in [1.807, 2.05) is 0 Å². The highest BCUT2D eigenvalue weighted by Crippen LogP contribution is 2.22. The number of likely N-dealkylation sites (tertiary alicyclic amines) is 1. The number of rotatable bonds is 5. The first-order chi connectivity index (χ1) is 12.0. The molecule has 0 unspecified atom stereocenters. The number of hydrogen-bond acceptors (Lipinski definition) is 5. The van der Waals surface area contributed by atoms with Crippen molar-refractivity contribution in [2.45, 2.75) is 18.6 Å². The third-order valence-corrected chi connectivity index (χ3v) is 4.46. The maximum atomic E-state index is 13.0. The van der Waals surface area contributed by atoms with E-state index in [0.29, 0.717) is 24.4 Å². The fraction of sp³-hybridized carbons (Fsp3) is 0.471. The highest BCUT2D eigenvalue weighted by atomic mass is 16.5. The zero-order valence-corrected chi connectivity index (χ0v) is 14.6. The molecule has 2 aromatic heterocycles. The number of nitrogens with zero attached hydrogens (tertiary/aromatic N) is 4. The predicted octanol–water partition coefficient (Wildman–Crippen LogP) is 0.447. The van der Waals surface area contributed by atoms with Crippen LogP contribution in [0.25, 0.3) is 5.69 Å². The van der Waals surface area contributed by atoms with Crippen molar-refractivity contribution in [2.24, 2.45) is 7.05 Å². The molecule has 8 heteroatoms. The fourth-order valence-electron chi connectivity index (χ4n) is 3.16. The lowest BCUT2D eigenvalue weighted by molar-refractivity contribution is 0.0611. The van der Waals surface area contributed by atoms with Crippen molar-refractivity contribution >= 4 is 5.91 Å². The normalized spacial score (nSPS) is 20.2. The van der Waals surface area contributed by atoms with Crippen molar-refractivity contribution in [3.63, 3.8) is 0 Å². The topological polar surface area (TPSA) is 78.6 Å². The molecule has 0 radical (unpaired) electrons. The van der Waals surface area contributed by atoms with Crippen LogP contribution in [0.1, 0.15) is 16.8 Å². The fourth-order valence-corrected chi connectivity index (χ4v) is 3.16. The molecule has 3 rings (SSSR count). The summed E-state index contributed by atoms with van der Waals surface area (Å²) in [4.78, 5) is 26.9. The van der Waals surface area contributed by atoms with Crippen molar-refractivity contribution < 1.29 is 14.3 Å². The summed E-state index contributed by atoms with van der Waals surface area (Å²) in [5, 5.41) is 4.07. The van der Waals surface area contributed by atoms with E-state index in [1.54, 1.807) is 55.5 Å². The van der Waals surface area contributed by atoms with Gasteiger partial charge in [-0.05, 0) is 12.5 Å². The molecular formula is C17H22N4O4. The maximum absolute atomic E-state index is 13.0. The molecular weight excluding hydrogens is 324 g/mol. The van der Waals surface area contributed by atoms with Crippen LogP contribution in [0.3, 0.4) is 0 Å². The number of ether oxygens (including phenoxy) is 2. The number of aryl methyl sites for hydroxylation is 1. The quantitative estimate of drug-likeness (QED) is 0.785. The van der Waals surface area contributed by atoms with Crippen LogP contribution in [-0.2, 0) is 16.5 Å². The van der Waals surface area contributed by atoms with Gasteiger partial charge in [-0.2, -0.15) is 5.10 Å². The van der Waals surface area contributed by atoms with Crippen molar-refractivity contribution in [2.75, 3.05) is 27.4 Å². The molecule has 2 atom stereocenters. The van der Waals surface area contributed by atoms with Gasteiger partial charge in [0.25, 0.3) is 11.5 Å². The molecule has 0 aliphatic carbocycles. The van der Waals surface area contributed by atoms with Crippen molar-refractivity contribution in [3.05, 3.63) is 46.6 Å². The molecule has 25 heavy (non-hydrogen) atoms. The minimum absolute atomic E-state index is 0.00618. The van der Waals surface area contributed by atoms with Crippen LogP contribution in [0.15, 0.2) is 35.5 Å². The van der Waals surface area contributed by atoms with Crippen LogP contribution in [0.2, 0.25) is 0 Å². The van der Waals surface area contributed by atoms with Crippen LogP contribution in [0.5, 0.6) is 0 Å². The number of amides is 1. The average molecular weight is 346 g/mol. The van der Waals surface area contributed by atoms with Gasteiger partial charge < -0.3 is 14.4 Å². The summed E-state index contributed by atoms with van der Waals surface area (Å²) >= 11 is 0. The number of pyridine rings is 1. The second-order valence-electron chi connectivity index (χ2n) is 6.16. The molecule has 2 aromatic rings. The Kier molecular flexibility index (Phi) is 5.00. The lowest BCUT2D eigenvalue weighted by atomic mass is 10.2. The summed E-state index contributed by atoms with van der Waals surface area (Å²) in [7, 11) is 5.03. The Morgan fingerprint density at radius 3 is 2.76 bits per heavy atom. The van der Waals surface area contributed by atoms with Gasteiger partial charge in [0.05, 0.1) is 36.2 Å². The number of aromatic nitrogens is 3. The Morgan fingerprint density at radius 2 is 2.12 bits per heavy atom. The van der Waals surface area contributed by atoms with E-state index in [9.17, 15) is 9.59 Å². The Bertz CT molecular complexity index is 813. The lowest BCUT2D eigenvalue weighted by Crippen LogP contribution is -2.39. The van der Waals surface area contributed by atoms with E-state index in [-0.39, 0.29) is 23.6 Å². The van der Waals surface area contributed by atoms with Gasteiger partial charge in [-0.1, -0.05) is 0 Å². The minimum atomic E-state index is -0.214. The van der Waals surface area contributed by atoms with Gasteiger partial charge in [0, 0.05) is 46.3 Å². The number of hydrogen-bond donors (Lipinski definition) is 0. The Hall–Kier alpha value is -2.45. The highest BCUT2D eigenvalue weighted by molar-refractivity contribution is 5.94. The van der Waals surface area contributed by atoms with E-state index < -0.39 is 0 Å². The third-order valence-electron chi connectivity index (χ3n) is 4.46. The summed E-state index contributed by atoms with van der Waals surface area (Å²) in [5.74, 6) is -0.140. The average Bonchev–Trinajstić information content (AvgIpc) is 3.21. The molecule has 8 nitrogen and oxygen atoms in total. The Balaban J connectivity index is 1.90. The van der Waals surface area contributed by atoms with Crippen LogP contribution < -0.4 is 5.56 Å². The molecule has 1 aliphatic heterocycles. The van der Waals surface area contributed by atoms with Gasteiger partial charge in [0.1, 0.15) is 0 Å². The summed E-state index contributed by atoms with van der Waals surface area (Å²) in [5.41, 5.74) is 0.849. The van der Waals surface area contributed by atoms with E-state index >= 15 is 0 Å². The molecule has 0 spiro atoms. The summed E-state index contributed by atoms with van der Waals surface area (Å²) < 4.78 is 13.7. The van der Waals surface area contributed by atoms with E-state index in [0.717, 1.165) is 6.42 Å². The van der Waals surface area contributed by atoms with Crippen LogP contribution in [0.4, 0.5) is 0 Å². The zero-order valence-electron chi connectivity index (χ0n) is 14.6. The van der Waals surface area contributed by atoms with E-state index in [1.165, 1.54) is 10.6 Å². The van der Waals surface area contributed by atoms with Gasteiger partial charge in [-0.25, -0.2) is 0 Å². The zero-order chi connectivity index (χ0) is 18.0. The third kappa shape index (κ3) is 3.49. The molecule has 0 aromatic carbocycles. The second-order valence-corrected chi connectivity index (χ2v) is 6.16. The largest absolute Gasteiger partial charge is 0.383 e. The molecule has 0 bridgehead atoms. The predicted molar refractivity (Wildman–Crippen MR) is 90.9 cm³/mol. The Morgan fingerprint density at radius 1 is 1.32 bits per heavy atom. The Labute approximate surface area is 145 Å². The van der Waals surface area contributed by atoms with Gasteiger partial charge in [-0.15, -0.1) is 0 Å². The van der Waals surface area contributed by atoms with Crippen molar-refractivity contribution in [1.29, 1.82) is 0 Å². The number of methoxy groups -OCH3 is 2. The summed E-state index contributed by atoms with van der Waals surface area (Å²) in [6.07, 6.45) is 5.60. The minimum Gasteiger partial charge on any atom is -0.383 e. The summed E-state index contributed by atoms with van der Waals surface area (Å²) in [6, 6.07) is 2.91. The first kappa shape index (κ1) is 17.4. The van der Waals surface area contributed by atoms with Crippen molar-refractivity contribution in [3.8, 4) is 5.69 Å². The molecule has 0 saturated carbocycles. The maximum Gasteiger partial charge on any atom is 0.255 e. The van der Waals surface area contributed by atoms with Gasteiger partial charge in [0.15, 0.2) is 0 Å². The standard InChI is InChI=1S/C17H22N4O4/c1-19-9-14(7-18-19)20-8-12(4-5-16(20)22)17(23)21-10-15(25-3)6-13(21)11-24-2/h4-5,7-9,13,15H,6,10-11H2,1-3H3/t13-,15+/m0/s1. The molecule has 1 fully saturated rings. The number of carbonyl (C=O) groups is 1. The van der Waals surface area contributed by atoms with Gasteiger partial charge >= 0.3 is 0 Å². The smallest absolute Gasteiger partial charge is 0.255 e. The highest BCUT2D eigenvalue weighted by Gasteiger charge is 2.35. The van der Waals surface area contributed by atoms with Crippen LogP contribution >= 0.6 is 0 Å². The first-order valence-corrected chi connectivity index (χ1v) is 8.08. The van der Waals surface area contributed by atoms with Crippen molar-refractivity contribution in [1.82, 2.24) is 19.2 Å². The molecule has 3 heterocycles. The molecule has 1 amide bonds. The molecule has 1 aliphatic rings. The molecule has 1 saturated heterocycles. The first-order valence-electron chi connectivity index (χ1n) is 8.08. The SMILES string of the molecule is COC[C@@H]1C[C@@H](OC)CN1C(=O)c1ccc(=O)n(-c2cnn(C)c2)c1. The van der Waals surface area contributed by atoms with Gasteiger partial charge in [0.2, 0.25) is 0 Å². The molecule has 0 N–H and O–H groups in total. The second kappa shape index (κ2) is 7.20. The monoisotopic (exact) mass is 346 g/mol. The number of carbonyl (C=O) groups excluding carboxylic acids is 1. The van der Waals surface area contributed by atoms with Crippen LogP contribution in [0, 0.1) is 0 Å².